The molecule has 0 spiro atoms. The average molecular weight is 531 g/mol. The Morgan fingerprint density at radius 3 is 2.63 bits per heavy atom. The molecule has 0 saturated carbocycles. The van der Waals surface area contributed by atoms with E-state index in [1.807, 2.05) is 0 Å². The number of hydrogen-bond acceptors (Lipinski definition) is 4. The van der Waals surface area contributed by atoms with Crippen molar-refractivity contribution in [3.05, 3.63) is 0 Å². The van der Waals surface area contributed by atoms with E-state index in [4.69, 9.17) is 0 Å². The Morgan fingerprint density at radius 1 is 1.53 bits per heavy atom. The van der Waals surface area contributed by atoms with E-state index < -0.39 is 0 Å². The van der Waals surface area contributed by atoms with Crippen molar-refractivity contribution in [3.63, 3.8) is 0 Å². The van der Waals surface area contributed by atoms with Crippen molar-refractivity contribution in [1.29, 1.82) is 0 Å². The number of likely N-dealkylation sites (N-methyl/N-ethyl adjacent to an activating group) is 1. The molecule has 1 N–H and O–H groups in total. The van der Waals surface area contributed by atoms with E-state index in [0.29, 0.717) is 9.47 Å². The van der Waals surface area contributed by atoms with Gasteiger partial charge in [-0.1, -0.05) is 0 Å². The maximum atomic E-state index is 10.7. The quantitative estimate of drug-likeness (QED) is 0.530. The molecule has 0 radical (unpaired) electrons. The van der Waals surface area contributed by atoms with Gasteiger partial charge in [-0.25, -0.2) is 0 Å². The second-order valence-corrected chi connectivity index (χ2v) is 16.1. The van der Waals surface area contributed by atoms with Gasteiger partial charge in [-0.15, -0.1) is 0 Å². The molecule has 0 unspecified atom stereocenters. The van der Waals surface area contributed by atoms with Gasteiger partial charge in [0.25, 0.3) is 0 Å². The van der Waals surface area contributed by atoms with Gasteiger partial charge in [0.05, 0.1) is 12.4 Å². The number of carbonyl (C=O) groups excluding carboxylic acids is 1. The van der Waals surface area contributed by atoms with E-state index in [1.165, 1.54) is 0 Å². The second-order valence-electron chi connectivity index (χ2n) is 4.27. The van der Waals surface area contributed by atoms with Crippen molar-refractivity contribution in [2.45, 2.75) is 13.8 Å². The van der Waals surface area contributed by atoms with Gasteiger partial charge in [-0.2, -0.15) is 0 Å². The Kier molecular flexibility index (Phi) is 13.3. The monoisotopic (exact) mass is 531 g/mol. The van der Waals surface area contributed by atoms with Crippen LogP contribution in [0.5, 0.6) is 0 Å². The second kappa shape index (κ2) is 12.7. The van der Waals surface area contributed by atoms with Crippen LogP contribution >= 0.6 is 40.0 Å². The number of halogens is 2. The number of hydrogen-bond donors (Lipinski definition) is 1. The Balaban J connectivity index is 0.000000982. The number of aliphatic imine (C=N–C) groups is 1. The summed E-state index contributed by atoms with van der Waals surface area (Å²) in [4.78, 5) is 19.6. The molecule has 111 valence electrons. The van der Waals surface area contributed by atoms with Crippen LogP contribution in [0.15, 0.2) is 4.99 Å². The molecular formula is C11H22I2N4OV. The molecule has 8 heteroatoms. The molecule has 0 aromatic carbocycles. The third kappa shape index (κ3) is 11.3. The van der Waals surface area contributed by atoms with Crippen LogP contribution in [-0.4, -0.2) is 67.9 Å². The summed E-state index contributed by atoms with van der Waals surface area (Å²) in [5.41, 5.74) is 0. The standard InChI is InChI=1S/C11H22N4O.2HI.V/c1-10-12-5-7-15(10)9-8-14(3)6-4-13-11(2)16;;;/h4-9H2,1-3H3,(H,13,16);2*1H;/q;;;+2/p-2. The summed E-state index contributed by atoms with van der Waals surface area (Å²) in [6.45, 7) is 9.22. The third-order valence-corrected chi connectivity index (χ3v) is 2.79. The molecule has 0 fully saturated rings. The average Bonchev–Trinajstić information content (AvgIpc) is 2.73. The predicted octanol–water partition coefficient (Wildman–Crippen LogP) is 1.56. The summed E-state index contributed by atoms with van der Waals surface area (Å²) in [6, 6.07) is 0. The van der Waals surface area contributed by atoms with Crippen LogP contribution in [0.2, 0.25) is 0 Å². The number of carbonyl (C=O) groups is 1. The van der Waals surface area contributed by atoms with E-state index >= 15 is 0 Å². The summed E-state index contributed by atoms with van der Waals surface area (Å²) in [6.07, 6.45) is 0. The molecule has 0 aliphatic carbocycles. The van der Waals surface area contributed by atoms with E-state index in [9.17, 15) is 4.79 Å². The number of amides is 1. The van der Waals surface area contributed by atoms with Gasteiger partial charge >= 0.3 is 49.4 Å². The zero-order valence-corrected chi connectivity index (χ0v) is 17.4. The van der Waals surface area contributed by atoms with Crippen LogP contribution in [0, 0.1) is 0 Å². The van der Waals surface area contributed by atoms with Gasteiger partial charge in [0.1, 0.15) is 0 Å². The van der Waals surface area contributed by atoms with Crippen LogP contribution in [0.25, 0.3) is 0 Å². The molecule has 1 rings (SSSR count). The molecule has 0 atom stereocenters. The zero-order chi connectivity index (χ0) is 14.7. The van der Waals surface area contributed by atoms with Gasteiger partial charge in [0.2, 0.25) is 5.91 Å². The van der Waals surface area contributed by atoms with E-state index in [2.05, 4.69) is 74.0 Å². The van der Waals surface area contributed by atoms with Gasteiger partial charge in [-0.05, 0) is 14.0 Å². The topological polar surface area (TPSA) is 47.9 Å². The van der Waals surface area contributed by atoms with Crippen LogP contribution in [0.1, 0.15) is 13.8 Å². The predicted molar refractivity (Wildman–Crippen MR) is 93.8 cm³/mol. The fraction of sp³-hybridized carbons (Fsp3) is 0.818. The summed E-state index contributed by atoms with van der Waals surface area (Å²) < 4.78 is 0. The minimum atomic E-state index is 0.0379. The molecule has 1 aliphatic heterocycles. The number of nitrogens with one attached hydrogen (secondary N) is 1. The molecule has 1 amide bonds. The summed E-state index contributed by atoms with van der Waals surface area (Å²) in [7, 11) is 2.70. The molecular weight excluding hydrogens is 509 g/mol. The van der Waals surface area contributed by atoms with Crippen molar-refractivity contribution in [2.75, 3.05) is 46.3 Å². The Morgan fingerprint density at radius 2 is 2.16 bits per heavy atom. The van der Waals surface area contributed by atoms with Crippen molar-refractivity contribution in [1.82, 2.24) is 15.1 Å². The number of amidine groups is 1. The normalized spacial score (nSPS) is 13.8. The molecule has 0 aromatic heterocycles. The Bertz CT molecular complexity index is 292. The molecule has 5 nitrogen and oxygen atoms in total. The molecule has 0 saturated heterocycles. The number of rotatable bonds is 6. The number of nitrogens with zero attached hydrogens (tertiary/aromatic N) is 3. The molecule has 1 heterocycles. The summed E-state index contributed by atoms with van der Waals surface area (Å²) >= 11 is 4.74. The molecule has 19 heavy (non-hydrogen) atoms. The van der Waals surface area contributed by atoms with Crippen LogP contribution < -0.4 is 5.32 Å². The fourth-order valence-corrected chi connectivity index (χ4v) is 1.69. The van der Waals surface area contributed by atoms with E-state index in [1.54, 1.807) is 6.92 Å². The van der Waals surface area contributed by atoms with Gasteiger partial charge < -0.3 is 15.1 Å². The summed E-state index contributed by atoms with van der Waals surface area (Å²) in [5, 5.41) is 2.80. The van der Waals surface area contributed by atoms with Gasteiger partial charge in [-0.3, -0.25) is 9.79 Å². The molecule has 0 aromatic rings. The molecule has 0 bridgehead atoms. The van der Waals surface area contributed by atoms with Gasteiger partial charge in [0.15, 0.2) is 0 Å². The van der Waals surface area contributed by atoms with E-state index in [0.717, 1.165) is 45.1 Å². The van der Waals surface area contributed by atoms with Crippen molar-refractivity contribution in [3.8, 4) is 0 Å². The third-order valence-electron chi connectivity index (χ3n) is 2.79. The van der Waals surface area contributed by atoms with Crippen LogP contribution in [0.4, 0.5) is 0 Å². The van der Waals surface area contributed by atoms with Crippen molar-refractivity contribution in [2.24, 2.45) is 4.99 Å². The van der Waals surface area contributed by atoms with Crippen LogP contribution in [0.3, 0.4) is 0 Å². The first-order chi connectivity index (χ1) is 9.01. The Hall–Kier alpha value is 0.944. The Labute approximate surface area is 145 Å². The minimum absolute atomic E-state index is 0.0379. The first kappa shape index (κ1) is 19.9. The van der Waals surface area contributed by atoms with Gasteiger partial charge in [0, 0.05) is 39.6 Å². The van der Waals surface area contributed by atoms with E-state index in [-0.39, 0.29) is 5.91 Å². The first-order valence-corrected chi connectivity index (χ1v) is 15.1. The summed E-state index contributed by atoms with van der Waals surface area (Å²) in [5.74, 6) is 1.19. The van der Waals surface area contributed by atoms with Crippen molar-refractivity contribution < 1.29 is 14.3 Å². The zero-order valence-electron chi connectivity index (χ0n) is 11.7. The van der Waals surface area contributed by atoms with Crippen LogP contribution in [-0.2, 0) is 14.3 Å². The molecule has 1 aliphatic rings. The maximum absolute atomic E-state index is 10.7. The fourth-order valence-electron chi connectivity index (χ4n) is 1.69. The SMILES string of the molecule is CC(=O)NCCN(C)CCN1CCN=C1C.[I][V][I]. The van der Waals surface area contributed by atoms with Crippen molar-refractivity contribution >= 4 is 51.7 Å². The first-order valence-electron chi connectivity index (χ1n) is 6.12.